The smallest absolute Gasteiger partial charge is 0.0542 e. The van der Waals surface area contributed by atoms with Crippen LogP contribution in [-0.2, 0) is 0 Å². The monoisotopic (exact) mass is 703 g/mol. The van der Waals surface area contributed by atoms with Crippen molar-refractivity contribution in [2.45, 2.75) is 0 Å². The van der Waals surface area contributed by atoms with Gasteiger partial charge in [0.25, 0.3) is 0 Å². The van der Waals surface area contributed by atoms with Crippen molar-refractivity contribution in [3.8, 4) is 11.4 Å². The SMILES string of the molecule is Brc1cc(N(c2ccc3ccccc3c2)c2ccc3c(c2)c2ccccc2n3-c2ccccc2)cc(-n2c3ccccc3c3ccccc32)c1. The third kappa shape index (κ3) is 4.57. The zero-order chi connectivity index (χ0) is 33.2. The molecule has 8 aromatic carbocycles. The van der Waals surface area contributed by atoms with Crippen LogP contribution in [0.15, 0.2) is 186 Å². The lowest BCUT2D eigenvalue weighted by Crippen LogP contribution is -2.11. The van der Waals surface area contributed by atoms with Gasteiger partial charge in [-0.05, 0) is 89.6 Å². The van der Waals surface area contributed by atoms with E-state index in [1.54, 1.807) is 0 Å². The summed E-state index contributed by atoms with van der Waals surface area (Å²) in [6.45, 7) is 0. The van der Waals surface area contributed by atoms with E-state index in [1.165, 1.54) is 54.4 Å². The Morgan fingerprint density at radius 1 is 0.340 bits per heavy atom. The number of rotatable bonds is 5. The van der Waals surface area contributed by atoms with Gasteiger partial charge >= 0.3 is 0 Å². The molecule has 0 aliphatic rings. The highest BCUT2D eigenvalue weighted by molar-refractivity contribution is 9.10. The number of anilines is 3. The van der Waals surface area contributed by atoms with Crippen molar-refractivity contribution in [1.29, 1.82) is 0 Å². The maximum atomic E-state index is 3.94. The van der Waals surface area contributed by atoms with Gasteiger partial charge in [0, 0.05) is 54.5 Å². The summed E-state index contributed by atoms with van der Waals surface area (Å²) in [5.41, 5.74) is 10.3. The molecule has 0 aliphatic carbocycles. The summed E-state index contributed by atoms with van der Waals surface area (Å²) < 4.78 is 5.77. The summed E-state index contributed by atoms with van der Waals surface area (Å²) >= 11 is 3.94. The van der Waals surface area contributed by atoms with Gasteiger partial charge in [-0.25, -0.2) is 0 Å². The Hall–Kier alpha value is -6.10. The summed E-state index contributed by atoms with van der Waals surface area (Å²) in [6.07, 6.45) is 0. The highest BCUT2D eigenvalue weighted by Crippen LogP contribution is 2.43. The van der Waals surface area contributed by atoms with Crippen LogP contribution in [0.4, 0.5) is 17.1 Å². The summed E-state index contributed by atoms with van der Waals surface area (Å²) in [5.74, 6) is 0. The molecule has 0 atom stereocenters. The third-order valence-corrected chi connectivity index (χ3v) is 10.3. The van der Waals surface area contributed by atoms with E-state index in [4.69, 9.17) is 0 Å². The van der Waals surface area contributed by atoms with E-state index >= 15 is 0 Å². The lowest BCUT2D eigenvalue weighted by molar-refractivity contribution is 1.16. The van der Waals surface area contributed by atoms with E-state index in [2.05, 4.69) is 212 Å². The molecule has 50 heavy (non-hydrogen) atoms. The molecule has 2 heterocycles. The Bertz CT molecular complexity index is 2850. The molecule has 0 aliphatic heterocycles. The van der Waals surface area contributed by atoms with Gasteiger partial charge in [0.2, 0.25) is 0 Å². The predicted molar refractivity (Wildman–Crippen MR) is 215 cm³/mol. The van der Waals surface area contributed by atoms with Crippen LogP contribution in [0.2, 0.25) is 0 Å². The molecule has 10 aromatic rings. The van der Waals surface area contributed by atoms with E-state index in [-0.39, 0.29) is 0 Å². The lowest BCUT2D eigenvalue weighted by Gasteiger charge is -2.27. The van der Waals surface area contributed by atoms with Gasteiger partial charge in [0.05, 0.1) is 22.1 Å². The number of fused-ring (bicyclic) bond motifs is 7. The third-order valence-electron chi connectivity index (χ3n) is 9.88. The van der Waals surface area contributed by atoms with Gasteiger partial charge in [-0.3, -0.25) is 0 Å². The van der Waals surface area contributed by atoms with Crippen molar-refractivity contribution < 1.29 is 0 Å². The van der Waals surface area contributed by atoms with Gasteiger partial charge in [-0.2, -0.15) is 0 Å². The first kappa shape index (κ1) is 28.9. The first-order chi connectivity index (χ1) is 24.7. The number of hydrogen-bond donors (Lipinski definition) is 0. The standard InChI is InChI=1S/C46H30BrN3/c47-33-27-37(29-38(28-33)50-43-19-9-6-16-39(43)40-17-7-10-20-44(40)50)48(35-23-22-31-12-4-5-13-32(31)26-35)36-24-25-46-42(30-36)41-18-8-11-21-45(41)49(46)34-14-2-1-3-15-34/h1-30H. The van der Waals surface area contributed by atoms with Crippen molar-refractivity contribution in [2.24, 2.45) is 0 Å². The molecule has 0 amide bonds. The summed E-state index contributed by atoms with van der Waals surface area (Å²) in [5, 5.41) is 7.36. The number of para-hydroxylation sites is 4. The Morgan fingerprint density at radius 3 is 1.56 bits per heavy atom. The fourth-order valence-corrected chi connectivity index (χ4v) is 8.21. The molecule has 10 rings (SSSR count). The maximum Gasteiger partial charge on any atom is 0.0542 e. The number of halogens is 1. The molecular formula is C46H30BrN3. The number of benzene rings is 8. The quantitative estimate of drug-likeness (QED) is 0.174. The Labute approximate surface area is 298 Å². The second-order valence-electron chi connectivity index (χ2n) is 12.8. The molecule has 0 radical (unpaired) electrons. The molecular weight excluding hydrogens is 674 g/mol. The minimum Gasteiger partial charge on any atom is -0.310 e. The van der Waals surface area contributed by atoms with Crippen molar-refractivity contribution in [2.75, 3.05) is 4.90 Å². The van der Waals surface area contributed by atoms with Crippen molar-refractivity contribution in [3.63, 3.8) is 0 Å². The van der Waals surface area contributed by atoms with Crippen molar-refractivity contribution in [1.82, 2.24) is 9.13 Å². The Balaban J connectivity index is 1.24. The first-order valence-corrected chi connectivity index (χ1v) is 17.7. The second kappa shape index (κ2) is 11.5. The highest BCUT2D eigenvalue weighted by Gasteiger charge is 2.20. The Kier molecular flexibility index (Phi) is 6.64. The predicted octanol–water partition coefficient (Wildman–Crippen LogP) is 13.3. The topological polar surface area (TPSA) is 13.1 Å². The molecule has 0 saturated heterocycles. The Morgan fingerprint density at radius 2 is 0.860 bits per heavy atom. The molecule has 0 bridgehead atoms. The van der Waals surface area contributed by atoms with E-state index in [1.807, 2.05) is 0 Å². The molecule has 0 spiro atoms. The summed E-state index contributed by atoms with van der Waals surface area (Å²) in [7, 11) is 0. The van der Waals surface area contributed by atoms with E-state index in [9.17, 15) is 0 Å². The maximum absolute atomic E-state index is 3.94. The van der Waals surface area contributed by atoms with Crippen molar-refractivity contribution in [3.05, 3.63) is 186 Å². The highest BCUT2D eigenvalue weighted by atomic mass is 79.9. The molecule has 3 nitrogen and oxygen atoms in total. The number of aromatic nitrogens is 2. The molecule has 0 N–H and O–H groups in total. The van der Waals surface area contributed by atoms with Crippen LogP contribution in [0, 0.1) is 0 Å². The lowest BCUT2D eigenvalue weighted by atomic mass is 10.1. The van der Waals surface area contributed by atoms with Crippen LogP contribution in [0.25, 0.3) is 65.8 Å². The van der Waals surface area contributed by atoms with Crippen LogP contribution in [-0.4, -0.2) is 9.13 Å². The first-order valence-electron chi connectivity index (χ1n) is 16.9. The average molecular weight is 705 g/mol. The van der Waals surface area contributed by atoms with Crippen molar-refractivity contribution >= 4 is 87.4 Å². The van der Waals surface area contributed by atoms with Gasteiger partial charge in [0.1, 0.15) is 0 Å². The van der Waals surface area contributed by atoms with E-state index in [0.29, 0.717) is 0 Å². The molecule has 4 heteroatoms. The second-order valence-corrected chi connectivity index (χ2v) is 13.7. The fourth-order valence-electron chi connectivity index (χ4n) is 7.74. The zero-order valence-electron chi connectivity index (χ0n) is 27.0. The minimum absolute atomic E-state index is 1.01. The van der Waals surface area contributed by atoms with Gasteiger partial charge in [-0.1, -0.05) is 119 Å². The van der Waals surface area contributed by atoms with Crippen LogP contribution >= 0.6 is 15.9 Å². The number of hydrogen-bond acceptors (Lipinski definition) is 1. The van der Waals surface area contributed by atoms with Crippen LogP contribution < -0.4 is 4.90 Å². The normalized spacial score (nSPS) is 11.7. The van der Waals surface area contributed by atoms with Crippen LogP contribution in [0.3, 0.4) is 0 Å². The van der Waals surface area contributed by atoms with Crippen LogP contribution in [0.1, 0.15) is 0 Å². The average Bonchev–Trinajstić information content (AvgIpc) is 3.68. The molecule has 2 aromatic heterocycles. The van der Waals surface area contributed by atoms with Crippen LogP contribution in [0.5, 0.6) is 0 Å². The minimum atomic E-state index is 1.01. The summed E-state index contributed by atoms with van der Waals surface area (Å²) in [4.78, 5) is 2.39. The molecule has 236 valence electrons. The molecule has 0 saturated carbocycles. The number of nitrogens with zero attached hydrogens (tertiary/aromatic N) is 3. The van der Waals surface area contributed by atoms with Gasteiger partial charge in [0.15, 0.2) is 0 Å². The van der Waals surface area contributed by atoms with E-state index < -0.39 is 0 Å². The molecule has 0 unspecified atom stereocenters. The van der Waals surface area contributed by atoms with Gasteiger partial charge < -0.3 is 14.0 Å². The van der Waals surface area contributed by atoms with Gasteiger partial charge in [-0.15, -0.1) is 0 Å². The zero-order valence-corrected chi connectivity index (χ0v) is 28.6. The molecule has 0 fully saturated rings. The summed E-state index contributed by atoms with van der Waals surface area (Å²) in [6, 6.07) is 65.7. The van der Waals surface area contributed by atoms with E-state index in [0.717, 1.165) is 32.9 Å². The fraction of sp³-hybridized carbons (Fsp3) is 0. The largest absolute Gasteiger partial charge is 0.310 e.